The second-order valence-corrected chi connectivity index (χ2v) is 7.24. The van der Waals surface area contributed by atoms with E-state index in [-0.39, 0.29) is 33.3 Å². The first-order chi connectivity index (χ1) is 11.9. The normalized spacial score (nSPS) is 13.8. The third-order valence-electron chi connectivity index (χ3n) is 3.96. The summed E-state index contributed by atoms with van der Waals surface area (Å²) in [5, 5.41) is 2.23. The maximum Gasteiger partial charge on any atom is 0.261 e. The minimum absolute atomic E-state index is 0.0930. The Morgan fingerprint density at radius 1 is 1.04 bits per heavy atom. The molecule has 9 heteroatoms. The zero-order valence-corrected chi connectivity index (χ0v) is 15.1. The Morgan fingerprint density at radius 2 is 1.64 bits per heavy atom. The molecular formula is C16H9Cl2N3O3S. The SMILES string of the molecule is Cc1csc2nc(CN3C(=O)c4cc(Cl)c(Cl)cc4C3=O)cc(=O)n12. The summed E-state index contributed by atoms with van der Waals surface area (Å²) < 4.78 is 1.48. The molecule has 0 fully saturated rings. The molecule has 0 saturated heterocycles. The number of fused-ring (bicyclic) bond motifs is 2. The molecule has 0 spiro atoms. The van der Waals surface area contributed by atoms with Crippen LogP contribution in [-0.4, -0.2) is 26.1 Å². The number of thiazole rings is 1. The summed E-state index contributed by atoms with van der Waals surface area (Å²) in [7, 11) is 0. The Balaban J connectivity index is 1.74. The van der Waals surface area contributed by atoms with Gasteiger partial charge < -0.3 is 0 Å². The molecule has 126 valence electrons. The Kier molecular flexibility index (Phi) is 3.68. The fourth-order valence-electron chi connectivity index (χ4n) is 2.77. The van der Waals surface area contributed by atoms with Crippen LogP contribution in [0.2, 0.25) is 10.0 Å². The van der Waals surface area contributed by atoms with Crippen molar-refractivity contribution in [3.63, 3.8) is 0 Å². The first-order valence-corrected chi connectivity index (χ1v) is 8.82. The van der Waals surface area contributed by atoms with Crippen LogP contribution in [0.3, 0.4) is 0 Å². The first-order valence-electron chi connectivity index (χ1n) is 7.19. The lowest BCUT2D eigenvalue weighted by Gasteiger charge is -2.13. The molecule has 2 amide bonds. The number of carbonyl (C=O) groups excluding carboxylic acids is 2. The smallest absolute Gasteiger partial charge is 0.261 e. The van der Waals surface area contributed by atoms with Gasteiger partial charge in [0, 0.05) is 17.1 Å². The summed E-state index contributed by atoms with van der Waals surface area (Å²) in [5.74, 6) is -0.967. The van der Waals surface area contributed by atoms with Gasteiger partial charge in [0.1, 0.15) is 0 Å². The molecule has 6 nitrogen and oxygen atoms in total. The van der Waals surface area contributed by atoms with E-state index in [1.165, 1.54) is 33.9 Å². The van der Waals surface area contributed by atoms with E-state index in [1.807, 2.05) is 12.3 Å². The number of halogens is 2. The molecule has 0 N–H and O–H groups in total. The Hall–Kier alpha value is -2.22. The van der Waals surface area contributed by atoms with Crippen LogP contribution in [0.25, 0.3) is 4.96 Å². The molecule has 0 atom stereocenters. The summed E-state index contributed by atoms with van der Waals surface area (Å²) in [6.07, 6.45) is 0. The number of amides is 2. The zero-order valence-electron chi connectivity index (χ0n) is 12.7. The summed E-state index contributed by atoms with van der Waals surface area (Å²) in [6, 6.07) is 4.09. The van der Waals surface area contributed by atoms with Gasteiger partial charge in [-0.3, -0.25) is 23.7 Å². The van der Waals surface area contributed by atoms with Crippen LogP contribution in [0.1, 0.15) is 32.1 Å². The highest BCUT2D eigenvalue weighted by Gasteiger charge is 2.36. The van der Waals surface area contributed by atoms with Gasteiger partial charge in [0.2, 0.25) is 0 Å². The average molecular weight is 394 g/mol. The highest BCUT2D eigenvalue weighted by molar-refractivity contribution is 7.15. The summed E-state index contributed by atoms with van der Waals surface area (Å²) in [5.41, 5.74) is 1.28. The van der Waals surface area contributed by atoms with Gasteiger partial charge in [0.05, 0.1) is 33.4 Å². The van der Waals surface area contributed by atoms with Gasteiger partial charge in [-0.15, -0.1) is 11.3 Å². The van der Waals surface area contributed by atoms with Gasteiger partial charge in [0.15, 0.2) is 4.96 Å². The summed E-state index contributed by atoms with van der Waals surface area (Å²) in [6.45, 7) is 1.72. The van der Waals surface area contributed by atoms with E-state index in [1.54, 1.807) is 0 Å². The molecule has 0 bridgehead atoms. The second kappa shape index (κ2) is 5.66. The van der Waals surface area contributed by atoms with Crippen molar-refractivity contribution in [1.29, 1.82) is 0 Å². The Labute approximate surface area is 155 Å². The fourth-order valence-corrected chi connectivity index (χ4v) is 3.99. The molecule has 1 aliphatic heterocycles. The number of benzene rings is 1. The number of rotatable bonds is 2. The summed E-state index contributed by atoms with van der Waals surface area (Å²) >= 11 is 13.2. The molecule has 0 unspecified atom stereocenters. The van der Waals surface area contributed by atoms with Crippen molar-refractivity contribution < 1.29 is 9.59 Å². The predicted octanol–water partition coefficient (Wildman–Crippen LogP) is 3.17. The van der Waals surface area contributed by atoms with E-state index in [4.69, 9.17) is 23.2 Å². The molecule has 0 radical (unpaired) electrons. The van der Waals surface area contributed by atoms with E-state index >= 15 is 0 Å². The molecule has 0 saturated carbocycles. The van der Waals surface area contributed by atoms with Crippen molar-refractivity contribution in [2.24, 2.45) is 0 Å². The summed E-state index contributed by atoms with van der Waals surface area (Å²) in [4.78, 5) is 43.2. The number of imide groups is 1. The molecule has 4 rings (SSSR count). The molecule has 3 aromatic rings. The minimum atomic E-state index is -0.483. The number of hydrogen-bond donors (Lipinski definition) is 0. The van der Waals surface area contributed by atoms with Crippen molar-refractivity contribution >= 4 is 51.3 Å². The van der Waals surface area contributed by atoms with Crippen molar-refractivity contribution in [3.8, 4) is 0 Å². The fraction of sp³-hybridized carbons (Fsp3) is 0.125. The molecule has 2 aromatic heterocycles. The lowest BCUT2D eigenvalue weighted by Crippen LogP contribution is -2.30. The van der Waals surface area contributed by atoms with Crippen LogP contribution in [0.4, 0.5) is 0 Å². The lowest BCUT2D eigenvalue weighted by atomic mass is 10.1. The van der Waals surface area contributed by atoms with Crippen LogP contribution in [-0.2, 0) is 6.54 Å². The highest BCUT2D eigenvalue weighted by atomic mass is 35.5. The van der Waals surface area contributed by atoms with E-state index in [0.29, 0.717) is 10.7 Å². The van der Waals surface area contributed by atoms with Crippen molar-refractivity contribution in [3.05, 3.63) is 66.5 Å². The minimum Gasteiger partial charge on any atom is -0.269 e. The van der Waals surface area contributed by atoms with Gasteiger partial charge in [0.25, 0.3) is 17.4 Å². The zero-order chi connectivity index (χ0) is 17.9. The predicted molar refractivity (Wildman–Crippen MR) is 94.7 cm³/mol. The van der Waals surface area contributed by atoms with Crippen molar-refractivity contribution in [1.82, 2.24) is 14.3 Å². The Morgan fingerprint density at radius 3 is 2.24 bits per heavy atom. The van der Waals surface area contributed by atoms with Crippen LogP contribution >= 0.6 is 34.5 Å². The average Bonchev–Trinajstić information content (AvgIpc) is 3.03. The molecule has 1 aliphatic rings. The third kappa shape index (κ3) is 2.47. The third-order valence-corrected chi connectivity index (χ3v) is 5.63. The van der Waals surface area contributed by atoms with E-state index in [0.717, 1.165) is 10.6 Å². The number of aryl methyl sites for hydroxylation is 1. The van der Waals surface area contributed by atoms with Crippen LogP contribution < -0.4 is 5.56 Å². The first kappa shape index (κ1) is 16.3. The van der Waals surface area contributed by atoms with E-state index < -0.39 is 11.8 Å². The maximum atomic E-state index is 12.5. The quantitative estimate of drug-likeness (QED) is 0.626. The van der Waals surface area contributed by atoms with Crippen molar-refractivity contribution in [2.75, 3.05) is 0 Å². The van der Waals surface area contributed by atoms with Gasteiger partial charge in [-0.05, 0) is 19.1 Å². The number of nitrogens with zero attached hydrogens (tertiary/aromatic N) is 3. The van der Waals surface area contributed by atoms with Gasteiger partial charge in [-0.2, -0.15) is 0 Å². The molecule has 25 heavy (non-hydrogen) atoms. The van der Waals surface area contributed by atoms with Gasteiger partial charge in [-0.25, -0.2) is 4.98 Å². The standard InChI is InChI=1S/C16H9Cl2N3O3S/c1-7-6-25-16-19-8(2-13(22)21(7)16)5-20-14(23)9-3-11(17)12(18)4-10(9)15(20)24/h2-4,6H,5H2,1H3. The van der Waals surface area contributed by atoms with Crippen LogP contribution in [0.15, 0.2) is 28.4 Å². The van der Waals surface area contributed by atoms with E-state index in [2.05, 4.69) is 4.98 Å². The Bertz CT molecular complexity index is 1090. The highest BCUT2D eigenvalue weighted by Crippen LogP contribution is 2.32. The monoisotopic (exact) mass is 393 g/mol. The number of hydrogen-bond acceptors (Lipinski definition) is 5. The van der Waals surface area contributed by atoms with Crippen LogP contribution in [0, 0.1) is 6.92 Å². The van der Waals surface area contributed by atoms with Gasteiger partial charge in [-0.1, -0.05) is 23.2 Å². The number of carbonyl (C=O) groups is 2. The second-order valence-electron chi connectivity index (χ2n) is 5.59. The van der Waals surface area contributed by atoms with E-state index in [9.17, 15) is 14.4 Å². The van der Waals surface area contributed by atoms with Crippen LogP contribution in [0.5, 0.6) is 0 Å². The lowest BCUT2D eigenvalue weighted by molar-refractivity contribution is 0.0640. The van der Waals surface area contributed by atoms with Crippen molar-refractivity contribution in [2.45, 2.75) is 13.5 Å². The molecular weight excluding hydrogens is 385 g/mol. The number of aromatic nitrogens is 2. The molecule has 0 aliphatic carbocycles. The topological polar surface area (TPSA) is 71.8 Å². The largest absolute Gasteiger partial charge is 0.269 e. The van der Waals surface area contributed by atoms with Gasteiger partial charge >= 0.3 is 0 Å². The molecule has 1 aromatic carbocycles. The maximum absolute atomic E-state index is 12.5. The molecule has 3 heterocycles.